The van der Waals surface area contributed by atoms with Gasteiger partial charge in [0.2, 0.25) is 10.0 Å². The molecular weight excluding hydrogens is 389 g/mol. The van der Waals surface area contributed by atoms with E-state index in [0.29, 0.717) is 18.9 Å². The first-order valence-electron chi connectivity index (χ1n) is 9.57. The fourth-order valence-corrected chi connectivity index (χ4v) is 4.70. The minimum absolute atomic E-state index is 0.150. The minimum Gasteiger partial charge on any atom is -0.329 e. The van der Waals surface area contributed by atoms with Crippen LogP contribution in [0.4, 0.5) is 4.39 Å². The van der Waals surface area contributed by atoms with Gasteiger partial charge in [0, 0.05) is 25.5 Å². The third-order valence-electron chi connectivity index (χ3n) is 4.59. The van der Waals surface area contributed by atoms with Gasteiger partial charge in [0.1, 0.15) is 11.6 Å². The van der Waals surface area contributed by atoms with E-state index >= 15 is 0 Å². The molecule has 0 saturated heterocycles. The Labute approximate surface area is 171 Å². The molecule has 7 heteroatoms. The van der Waals surface area contributed by atoms with Gasteiger partial charge in [-0.3, -0.25) is 0 Å². The Hall–Kier alpha value is -2.51. The Bertz CT molecular complexity index is 1060. The molecule has 0 saturated carbocycles. The summed E-state index contributed by atoms with van der Waals surface area (Å²) in [5.74, 6) is 0.472. The summed E-state index contributed by atoms with van der Waals surface area (Å²) in [4.78, 5) is 4.64. The predicted octanol–water partition coefficient (Wildman–Crippen LogP) is 4.23. The summed E-state index contributed by atoms with van der Waals surface area (Å²) < 4.78 is 43.3. The number of hydrogen-bond donors (Lipinski definition) is 0. The van der Waals surface area contributed by atoms with E-state index < -0.39 is 10.0 Å². The summed E-state index contributed by atoms with van der Waals surface area (Å²) in [6.07, 6.45) is 3.42. The number of benzene rings is 2. The van der Waals surface area contributed by atoms with Crippen LogP contribution in [-0.2, 0) is 23.1 Å². The molecule has 1 aromatic heterocycles. The second-order valence-electron chi connectivity index (χ2n) is 7.61. The first-order valence-corrected chi connectivity index (χ1v) is 11.0. The fraction of sp³-hybridized carbons (Fsp3) is 0.318. The summed E-state index contributed by atoms with van der Waals surface area (Å²) in [5.41, 5.74) is 1.80. The van der Waals surface area contributed by atoms with E-state index in [1.165, 1.54) is 16.4 Å². The highest BCUT2D eigenvalue weighted by molar-refractivity contribution is 7.89. The van der Waals surface area contributed by atoms with Crippen LogP contribution in [0.2, 0.25) is 0 Å². The van der Waals surface area contributed by atoms with E-state index in [9.17, 15) is 12.8 Å². The summed E-state index contributed by atoms with van der Waals surface area (Å²) >= 11 is 0. The van der Waals surface area contributed by atoms with Crippen LogP contribution in [0.1, 0.15) is 30.8 Å². The van der Waals surface area contributed by atoms with Crippen LogP contribution in [0.5, 0.6) is 0 Å². The van der Waals surface area contributed by atoms with Gasteiger partial charge in [-0.15, -0.1) is 0 Å². The highest BCUT2D eigenvalue weighted by Gasteiger charge is 2.26. The van der Waals surface area contributed by atoms with E-state index in [2.05, 4.69) is 4.98 Å². The van der Waals surface area contributed by atoms with E-state index in [1.807, 2.05) is 31.4 Å². The van der Waals surface area contributed by atoms with Crippen molar-refractivity contribution in [1.29, 1.82) is 0 Å². The average Bonchev–Trinajstić information content (AvgIpc) is 3.08. The molecule has 3 rings (SSSR count). The van der Waals surface area contributed by atoms with Crippen molar-refractivity contribution in [3.63, 3.8) is 0 Å². The SMILES string of the molecule is Cc1ccc(S(=O)(=O)N(Cc2nccn2Cc2cccc(F)c2)CC(C)C)cc1. The number of sulfonamides is 1. The summed E-state index contributed by atoms with van der Waals surface area (Å²) in [5, 5.41) is 0. The molecule has 0 atom stereocenters. The molecule has 0 radical (unpaired) electrons. The van der Waals surface area contributed by atoms with E-state index in [4.69, 9.17) is 0 Å². The topological polar surface area (TPSA) is 55.2 Å². The molecule has 0 unspecified atom stereocenters. The van der Waals surface area contributed by atoms with Crippen LogP contribution in [0.15, 0.2) is 65.8 Å². The standard InChI is InChI=1S/C22H26FN3O2S/c1-17(2)14-26(29(27,28)21-9-7-18(3)8-10-21)16-22-24-11-12-25(22)15-19-5-4-6-20(23)13-19/h4-13,17H,14-16H2,1-3H3. The third-order valence-corrected chi connectivity index (χ3v) is 6.41. The van der Waals surface area contributed by atoms with Gasteiger partial charge >= 0.3 is 0 Å². The van der Waals surface area contributed by atoms with Gasteiger partial charge in [0.15, 0.2) is 0 Å². The first-order chi connectivity index (χ1) is 13.8. The molecule has 0 N–H and O–H groups in total. The van der Waals surface area contributed by atoms with Gasteiger partial charge < -0.3 is 4.57 Å². The molecular formula is C22H26FN3O2S. The van der Waals surface area contributed by atoms with Crippen molar-refractivity contribution >= 4 is 10.0 Å². The van der Waals surface area contributed by atoms with Crippen molar-refractivity contribution in [2.45, 2.75) is 38.8 Å². The molecule has 1 heterocycles. The summed E-state index contributed by atoms with van der Waals surface area (Å²) in [7, 11) is -3.67. The molecule has 29 heavy (non-hydrogen) atoms. The number of aromatic nitrogens is 2. The maximum atomic E-state index is 13.5. The van der Waals surface area contributed by atoms with Crippen LogP contribution in [0.25, 0.3) is 0 Å². The van der Waals surface area contributed by atoms with Crippen molar-refractivity contribution in [2.75, 3.05) is 6.54 Å². The average molecular weight is 416 g/mol. The number of aryl methyl sites for hydroxylation is 1. The van der Waals surface area contributed by atoms with Crippen LogP contribution in [0, 0.1) is 18.7 Å². The maximum absolute atomic E-state index is 13.5. The van der Waals surface area contributed by atoms with Gasteiger partial charge in [0.25, 0.3) is 0 Å². The van der Waals surface area contributed by atoms with Crippen LogP contribution < -0.4 is 0 Å². The number of hydrogen-bond acceptors (Lipinski definition) is 3. The van der Waals surface area contributed by atoms with Gasteiger partial charge in [-0.05, 0) is 42.7 Å². The van der Waals surface area contributed by atoms with Crippen molar-refractivity contribution in [1.82, 2.24) is 13.9 Å². The Morgan fingerprint density at radius 2 is 1.86 bits per heavy atom. The van der Waals surface area contributed by atoms with Crippen molar-refractivity contribution < 1.29 is 12.8 Å². The second-order valence-corrected chi connectivity index (χ2v) is 9.54. The molecule has 0 spiro atoms. The molecule has 0 bridgehead atoms. The Balaban J connectivity index is 1.88. The molecule has 3 aromatic rings. The zero-order valence-electron chi connectivity index (χ0n) is 16.9. The monoisotopic (exact) mass is 415 g/mol. The van der Waals surface area contributed by atoms with E-state index in [1.54, 1.807) is 42.7 Å². The van der Waals surface area contributed by atoms with Crippen molar-refractivity contribution in [2.24, 2.45) is 5.92 Å². The number of halogens is 1. The highest BCUT2D eigenvalue weighted by Crippen LogP contribution is 2.20. The molecule has 0 aliphatic rings. The van der Waals surface area contributed by atoms with Gasteiger partial charge in [0.05, 0.1) is 11.4 Å². The largest absolute Gasteiger partial charge is 0.329 e. The number of imidazole rings is 1. The lowest BCUT2D eigenvalue weighted by Crippen LogP contribution is -2.34. The minimum atomic E-state index is -3.67. The zero-order chi connectivity index (χ0) is 21.0. The molecule has 0 aliphatic heterocycles. The third kappa shape index (κ3) is 5.31. The predicted molar refractivity (Wildman–Crippen MR) is 111 cm³/mol. The smallest absolute Gasteiger partial charge is 0.243 e. The van der Waals surface area contributed by atoms with Crippen LogP contribution >= 0.6 is 0 Å². The molecule has 0 aliphatic carbocycles. The van der Waals surface area contributed by atoms with Gasteiger partial charge in [-0.1, -0.05) is 43.7 Å². The fourth-order valence-electron chi connectivity index (χ4n) is 3.14. The molecule has 0 fully saturated rings. The normalized spacial score (nSPS) is 12.1. The van der Waals surface area contributed by atoms with Gasteiger partial charge in [-0.25, -0.2) is 17.8 Å². The highest BCUT2D eigenvalue weighted by atomic mass is 32.2. The molecule has 5 nitrogen and oxygen atoms in total. The Kier molecular flexibility index (Phi) is 6.49. The Morgan fingerprint density at radius 3 is 2.52 bits per heavy atom. The maximum Gasteiger partial charge on any atom is 0.243 e. The molecule has 154 valence electrons. The van der Waals surface area contributed by atoms with Crippen LogP contribution in [0.3, 0.4) is 0 Å². The second kappa shape index (κ2) is 8.88. The summed E-state index contributed by atoms with van der Waals surface area (Å²) in [6, 6.07) is 13.2. The first kappa shape index (κ1) is 21.2. The summed E-state index contributed by atoms with van der Waals surface area (Å²) in [6.45, 7) is 6.84. The quantitative estimate of drug-likeness (QED) is 0.553. The number of rotatable bonds is 8. The van der Waals surface area contributed by atoms with Crippen molar-refractivity contribution in [3.05, 3.63) is 83.7 Å². The van der Waals surface area contributed by atoms with E-state index in [-0.39, 0.29) is 23.2 Å². The lowest BCUT2D eigenvalue weighted by molar-refractivity contribution is 0.351. The number of nitrogens with zero attached hydrogens (tertiary/aromatic N) is 3. The Morgan fingerprint density at radius 1 is 1.14 bits per heavy atom. The van der Waals surface area contributed by atoms with Crippen LogP contribution in [-0.4, -0.2) is 28.8 Å². The van der Waals surface area contributed by atoms with Gasteiger partial charge in [-0.2, -0.15) is 4.31 Å². The van der Waals surface area contributed by atoms with Crippen molar-refractivity contribution in [3.8, 4) is 0 Å². The lowest BCUT2D eigenvalue weighted by Gasteiger charge is -2.24. The van der Waals surface area contributed by atoms with E-state index in [0.717, 1.165) is 11.1 Å². The molecule has 0 amide bonds. The zero-order valence-corrected chi connectivity index (χ0v) is 17.7. The lowest BCUT2D eigenvalue weighted by atomic mass is 10.2. The molecule has 2 aromatic carbocycles.